The fraction of sp³-hybridized carbons (Fsp3) is 0.182. The summed E-state index contributed by atoms with van der Waals surface area (Å²) in [5, 5.41) is 7.05. The third-order valence-corrected chi connectivity index (χ3v) is 4.58. The van der Waals surface area contributed by atoms with Crippen LogP contribution in [0.1, 0.15) is 11.3 Å². The summed E-state index contributed by atoms with van der Waals surface area (Å²) >= 11 is 3.33. The first-order valence-corrected chi connectivity index (χ1v) is 7.81. The maximum atomic E-state index is 12.1. The molecule has 0 unspecified atom stereocenters. The number of benzene rings is 1. The van der Waals surface area contributed by atoms with E-state index < -0.39 is 10.0 Å². The lowest BCUT2D eigenvalue weighted by Crippen LogP contribution is -2.13. The molecule has 0 aliphatic rings. The molecule has 2 N–H and O–H groups in total. The number of rotatable bonds is 4. The predicted molar refractivity (Wildman–Crippen MR) is 73.2 cm³/mol. The molecule has 0 fully saturated rings. The molecular formula is C11H12BrN3O2S. The van der Waals surface area contributed by atoms with Crippen LogP contribution in [0.4, 0.5) is 5.69 Å². The fourth-order valence-electron chi connectivity index (χ4n) is 1.48. The zero-order chi connectivity index (χ0) is 13.2. The summed E-state index contributed by atoms with van der Waals surface area (Å²) < 4.78 is 26.6. The highest BCUT2D eigenvalue weighted by Crippen LogP contribution is 2.18. The van der Waals surface area contributed by atoms with E-state index in [9.17, 15) is 8.42 Å². The Balaban J connectivity index is 2.25. The summed E-state index contributed by atoms with van der Waals surface area (Å²) in [6.07, 6.45) is 1.30. The Bertz CT molecular complexity index is 635. The molecule has 0 atom stereocenters. The molecule has 96 valence electrons. The molecule has 0 spiro atoms. The van der Waals surface area contributed by atoms with Crippen molar-refractivity contribution in [1.82, 2.24) is 10.2 Å². The lowest BCUT2D eigenvalue weighted by atomic mass is 10.2. The maximum absolute atomic E-state index is 12.1. The number of halogens is 1. The Morgan fingerprint density at radius 1 is 1.33 bits per heavy atom. The number of nitrogens with zero attached hydrogens (tertiary/aromatic N) is 1. The summed E-state index contributed by atoms with van der Waals surface area (Å²) in [5.41, 5.74) is 2.12. The number of sulfonamides is 1. The van der Waals surface area contributed by atoms with E-state index in [1.54, 1.807) is 19.1 Å². The molecule has 0 aliphatic heterocycles. The van der Waals surface area contributed by atoms with Gasteiger partial charge in [0.2, 0.25) is 0 Å². The summed E-state index contributed by atoms with van der Waals surface area (Å²) in [6, 6.07) is 7.16. The minimum Gasteiger partial charge on any atom is -0.281 e. The monoisotopic (exact) mass is 329 g/mol. The van der Waals surface area contributed by atoms with Crippen molar-refractivity contribution in [2.45, 2.75) is 17.1 Å². The second-order valence-electron chi connectivity index (χ2n) is 3.80. The molecule has 7 heteroatoms. The number of anilines is 1. The largest absolute Gasteiger partial charge is 0.281 e. The molecule has 0 saturated carbocycles. The maximum Gasteiger partial charge on any atom is 0.265 e. The van der Waals surface area contributed by atoms with Crippen LogP contribution < -0.4 is 4.72 Å². The SMILES string of the molecule is Cc1[nH]ncc1S(=O)(=O)Nc1ccc(CBr)cc1. The van der Waals surface area contributed by atoms with Gasteiger partial charge in [-0.1, -0.05) is 28.1 Å². The van der Waals surface area contributed by atoms with Gasteiger partial charge in [0.1, 0.15) is 4.90 Å². The Labute approximate surface area is 114 Å². The van der Waals surface area contributed by atoms with Gasteiger partial charge in [-0.15, -0.1) is 0 Å². The topological polar surface area (TPSA) is 74.8 Å². The number of aryl methyl sites for hydroxylation is 1. The van der Waals surface area contributed by atoms with Gasteiger partial charge in [-0.3, -0.25) is 9.82 Å². The van der Waals surface area contributed by atoms with E-state index in [4.69, 9.17) is 0 Å². The Kier molecular flexibility index (Phi) is 3.72. The zero-order valence-electron chi connectivity index (χ0n) is 9.64. The molecule has 0 amide bonds. The van der Waals surface area contributed by atoms with Crippen LogP contribution in [-0.4, -0.2) is 18.6 Å². The third kappa shape index (κ3) is 2.73. The normalized spacial score (nSPS) is 11.4. The summed E-state index contributed by atoms with van der Waals surface area (Å²) in [4.78, 5) is 0.159. The van der Waals surface area contributed by atoms with Crippen molar-refractivity contribution >= 4 is 31.6 Å². The van der Waals surface area contributed by atoms with Gasteiger partial charge in [0.25, 0.3) is 10.0 Å². The molecule has 1 aromatic carbocycles. The van der Waals surface area contributed by atoms with E-state index in [1.807, 2.05) is 12.1 Å². The molecule has 1 heterocycles. The average Bonchev–Trinajstić information content (AvgIpc) is 2.77. The van der Waals surface area contributed by atoms with Crippen molar-refractivity contribution in [2.75, 3.05) is 4.72 Å². The molecule has 1 aromatic heterocycles. The molecule has 2 rings (SSSR count). The molecule has 5 nitrogen and oxygen atoms in total. The van der Waals surface area contributed by atoms with E-state index in [-0.39, 0.29) is 4.90 Å². The summed E-state index contributed by atoms with van der Waals surface area (Å²) in [7, 11) is -3.58. The van der Waals surface area contributed by atoms with Gasteiger partial charge < -0.3 is 0 Å². The predicted octanol–water partition coefficient (Wildman–Crippen LogP) is 2.41. The van der Waals surface area contributed by atoms with E-state index in [0.717, 1.165) is 10.9 Å². The van der Waals surface area contributed by atoms with Crippen molar-refractivity contribution in [3.05, 3.63) is 41.7 Å². The second-order valence-corrected chi connectivity index (χ2v) is 6.01. The second kappa shape index (κ2) is 5.11. The molecule has 0 radical (unpaired) electrons. The number of hydrogen-bond donors (Lipinski definition) is 2. The van der Waals surface area contributed by atoms with E-state index in [0.29, 0.717) is 11.4 Å². The standard InChI is InChI=1S/C11H12BrN3O2S/c1-8-11(7-13-14-8)18(16,17)15-10-4-2-9(6-12)3-5-10/h2-5,7,15H,6H2,1H3,(H,13,14). The number of H-pyrrole nitrogens is 1. The molecule has 2 aromatic rings. The van der Waals surface area contributed by atoms with Crippen LogP contribution >= 0.6 is 15.9 Å². The smallest absolute Gasteiger partial charge is 0.265 e. The van der Waals surface area contributed by atoms with E-state index >= 15 is 0 Å². The first-order valence-electron chi connectivity index (χ1n) is 5.20. The van der Waals surface area contributed by atoms with E-state index in [2.05, 4.69) is 30.8 Å². The van der Waals surface area contributed by atoms with Crippen molar-refractivity contribution < 1.29 is 8.42 Å². The van der Waals surface area contributed by atoms with Gasteiger partial charge in [-0.05, 0) is 24.6 Å². The Morgan fingerprint density at radius 3 is 2.50 bits per heavy atom. The lowest BCUT2D eigenvalue weighted by molar-refractivity contribution is 0.600. The summed E-state index contributed by atoms with van der Waals surface area (Å²) in [6.45, 7) is 1.66. The lowest BCUT2D eigenvalue weighted by Gasteiger charge is -2.07. The van der Waals surface area contributed by atoms with Gasteiger partial charge in [-0.25, -0.2) is 8.42 Å². The van der Waals surface area contributed by atoms with Gasteiger partial charge in [0, 0.05) is 11.0 Å². The molecule has 0 saturated heterocycles. The van der Waals surface area contributed by atoms with Gasteiger partial charge >= 0.3 is 0 Å². The van der Waals surface area contributed by atoms with Crippen molar-refractivity contribution in [1.29, 1.82) is 0 Å². The van der Waals surface area contributed by atoms with Crippen LogP contribution in [-0.2, 0) is 15.4 Å². The number of alkyl halides is 1. The Morgan fingerprint density at radius 2 is 2.00 bits per heavy atom. The molecular weight excluding hydrogens is 318 g/mol. The Hall–Kier alpha value is -1.34. The number of aromatic amines is 1. The quantitative estimate of drug-likeness (QED) is 0.846. The van der Waals surface area contributed by atoms with Crippen LogP contribution in [0.15, 0.2) is 35.4 Å². The van der Waals surface area contributed by atoms with Gasteiger partial charge in [0.15, 0.2) is 0 Å². The highest BCUT2D eigenvalue weighted by atomic mass is 79.9. The molecule has 0 aliphatic carbocycles. The fourth-order valence-corrected chi connectivity index (χ4v) is 3.05. The number of aromatic nitrogens is 2. The first kappa shape index (κ1) is 13.1. The van der Waals surface area contributed by atoms with E-state index in [1.165, 1.54) is 6.20 Å². The van der Waals surface area contributed by atoms with Crippen LogP contribution in [0.2, 0.25) is 0 Å². The van der Waals surface area contributed by atoms with Crippen LogP contribution in [0.3, 0.4) is 0 Å². The van der Waals surface area contributed by atoms with Crippen LogP contribution in [0.5, 0.6) is 0 Å². The van der Waals surface area contributed by atoms with Crippen LogP contribution in [0, 0.1) is 6.92 Å². The minimum absolute atomic E-state index is 0.159. The van der Waals surface area contributed by atoms with Crippen molar-refractivity contribution in [2.24, 2.45) is 0 Å². The highest BCUT2D eigenvalue weighted by molar-refractivity contribution is 9.08. The van der Waals surface area contributed by atoms with Crippen LogP contribution in [0.25, 0.3) is 0 Å². The minimum atomic E-state index is -3.58. The molecule has 0 bridgehead atoms. The third-order valence-electron chi connectivity index (χ3n) is 2.43. The highest BCUT2D eigenvalue weighted by Gasteiger charge is 2.18. The number of hydrogen-bond acceptors (Lipinski definition) is 3. The van der Waals surface area contributed by atoms with Gasteiger partial charge in [-0.2, -0.15) is 5.10 Å². The first-order chi connectivity index (χ1) is 8.53. The molecule has 18 heavy (non-hydrogen) atoms. The number of nitrogens with one attached hydrogen (secondary N) is 2. The summed E-state index contributed by atoms with van der Waals surface area (Å²) in [5.74, 6) is 0. The zero-order valence-corrected chi connectivity index (χ0v) is 12.0. The van der Waals surface area contributed by atoms with Crippen molar-refractivity contribution in [3.63, 3.8) is 0 Å². The van der Waals surface area contributed by atoms with Gasteiger partial charge in [0.05, 0.1) is 11.9 Å². The average molecular weight is 330 g/mol. The van der Waals surface area contributed by atoms with Crippen molar-refractivity contribution in [3.8, 4) is 0 Å².